The van der Waals surface area contributed by atoms with Crippen LogP contribution in [0.4, 0.5) is 5.69 Å². The quantitative estimate of drug-likeness (QED) is 0.410. The van der Waals surface area contributed by atoms with Gasteiger partial charge in [0.15, 0.2) is 0 Å². The largest absolute Gasteiger partial charge is 0.383 e. The fourth-order valence-corrected chi connectivity index (χ4v) is 6.57. The van der Waals surface area contributed by atoms with Crippen molar-refractivity contribution in [2.24, 2.45) is 0 Å². The Balaban J connectivity index is 0.00000172. The molecule has 3 aliphatic rings. The second kappa shape index (κ2) is 14.0. The number of hydrogen-bond donors (Lipinski definition) is 1. The summed E-state index contributed by atoms with van der Waals surface area (Å²) in [6, 6.07) is 14.5. The molecule has 1 atom stereocenters. The number of allylic oxidation sites excluding steroid dienone is 4. The molecule has 2 aromatic rings. The Morgan fingerprint density at radius 3 is 2.33 bits per heavy atom. The van der Waals surface area contributed by atoms with E-state index in [-0.39, 0.29) is 0 Å². The Morgan fingerprint density at radius 2 is 1.69 bits per heavy atom. The molecule has 1 unspecified atom stereocenters. The Morgan fingerprint density at radius 1 is 1.00 bits per heavy atom. The fraction of sp³-hybridized carbons (Fsp3) is 0.514. The molecule has 0 amide bonds. The summed E-state index contributed by atoms with van der Waals surface area (Å²) < 4.78 is 0. The number of hydrogen-bond acceptors (Lipinski definition) is 4. The van der Waals surface area contributed by atoms with E-state index in [4.69, 9.17) is 0 Å². The van der Waals surface area contributed by atoms with Gasteiger partial charge in [-0.1, -0.05) is 49.8 Å². The first-order valence-corrected chi connectivity index (χ1v) is 15.4. The highest BCUT2D eigenvalue weighted by atomic mass is 15.2. The number of nitrogens with one attached hydrogen (secondary N) is 1. The van der Waals surface area contributed by atoms with Crippen molar-refractivity contribution in [3.63, 3.8) is 0 Å². The molecule has 39 heavy (non-hydrogen) atoms. The van der Waals surface area contributed by atoms with E-state index in [0.717, 1.165) is 31.2 Å². The van der Waals surface area contributed by atoms with Crippen LogP contribution in [0, 0.1) is 0 Å². The van der Waals surface area contributed by atoms with Crippen LogP contribution in [0.15, 0.2) is 66.0 Å². The summed E-state index contributed by atoms with van der Waals surface area (Å²) in [5.74, 6) is 0.441. The van der Waals surface area contributed by atoms with E-state index in [1.807, 2.05) is 20.0 Å². The SMILES string of the molecule is C/C=C(/C1CC=Cc2ncccc21)N1CCC(N2CCC(=C(C)c3ccc(NC(C)C)cc3)CC2)CC1.CC. The molecule has 1 aromatic heterocycles. The van der Waals surface area contributed by atoms with Gasteiger partial charge in [0.2, 0.25) is 0 Å². The Bertz CT molecular complexity index is 1140. The molecule has 1 aromatic carbocycles. The average Bonchev–Trinajstić information content (AvgIpc) is 2.99. The third-order valence-electron chi connectivity index (χ3n) is 8.60. The van der Waals surface area contributed by atoms with Gasteiger partial charge in [-0.15, -0.1) is 0 Å². The van der Waals surface area contributed by atoms with Crippen LogP contribution in [0.5, 0.6) is 0 Å². The molecular formula is C35H50N4. The van der Waals surface area contributed by atoms with Crippen molar-refractivity contribution in [1.29, 1.82) is 0 Å². The predicted molar refractivity (Wildman–Crippen MR) is 169 cm³/mol. The molecular weight excluding hydrogens is 476 g/mol. The first kappa shape index (κ1) is 29.1. The van der Waals surface area contributed by atoms with Gasteiger partial charge in [0.25, 0.3) is 0 Å². The summed E-state index contributed by atoms with van der Waals surface area (Å²) in [5.41, 5.74) is 9.73. The van der Waals surface area contributed by atoms with Crippen molar-refractivity contribution in [2.75, 3.05) is 31.5 Å². The lowest BCUT2D eigenvalue weighted by molar-refractivity contribution is 0.113. The zero-order chi connectivity index (χ0) is 27.8. The standard InChI is InChI=1S/C33H44N4.C2H6/c1-5-33(31-8-6-10-32-30(31)9-7-19-34-32)37-22-17-29(18-23-37)36-20-15-27(16-21-36)25(4)26-11-13-28(14-12-26)35-24(2)3;1-2/h5-7,9-14,19,24,29,31,35H,8,15-18,20-23H2,1-4H3;1-2H3/b33-5-;. The van der Waals surface area contributed by atoms with Crippen LogP contribution in [0.2, 0.25) is 0 Å². The van der Waals surface area contributed by atoms with Crippen molar-refractivity contribution in [2.45, 2.75) is 91.6 Å². The number of aromatic nitrogens is 1. The van der Waals surface area contributed by atoms with Gasteiger partial charge in [-0.2, -0.15) is 0 Å². The minimum absolute atomic E-state index is 0.441. The highest BCUT2D eigenvalue weighted by molar-refractivity contribution is 5.68. The zero-order valence-electron chi connectivity index (χ0n) is 25.2. The number of fused-ring (bicyclic) bond motifs is 1. The minimum atomic E-state index is 0.441. The zero-order valence-corrected chi connectivity index (χ0v) is 25.2. The molecule has 1 aliphatic carbocycles. The lowest BCUT2D eigenvalue weighted by Crippen LogP contribution is -2.47. The third-order valence-corrected chi connectivity index (χ3v) is 8.60. The van der Waals surface area contributed by atoms with E-state index < -0.39 is 0 Å². The first-order chi connectivity index (χ1) is 19.0. The summed E-state index contributed by atoms with van der Waals surface area (Å²) in [6.45, 7) is 17.6. The molecule has 2 aliphatic heterocycles. The highest BCUT2D eigenvalue weighted by Crippen LogP contribution is 2.37. The number of anilines is 1. The van der Waals surface area contributed by atoms with Gasteiger partial charge in [0, 0.05) is 61.8 Å². The number of benzene rings is 1. The molecule has 0 saturated carbocycles. The highest BCUT2D eigenvalue weighted by Gasteiger charge is 2.31. The molecule has 0 spiro atoms. The van der Waals surface area contributed by atoms with E-state index in [0.29, 0.717) is 12.0 Å². The van der Waals surface area contributed by atoms with Crippen molar-refractivity contribution >= 4 is 17.3 Å². The number of rotatable bonds is 6. The van der Waals surface area contributed by atoms with Crippen LogP contribution in [0.1, 0.15) is 96.4 Å². The summed E-state index contributed by atoms with van der Waals surface area (Å²) in [6.07, 6.45) is 14.8. The van der Waals surface area contributed by atoms with Gasteiger partial charge < -0.3 is 10.2 Å². The Hall–Kier alpha value is -2.85. The van der Waals surface area contributed by atoms with E-state index in [1.165, 1.54) is 66.9 Å². The summed E-state index contributed by atoms with van der Waals surface area (Å²) in [5, 5.41) is 3.49. The van der Waals surface area contributed by atoms with Gasteiger partial charge in [-0.05, 0) is 101 Å². The van der Waals surface area contributed by atoms with Crippen LogP contribution >= 0.6 is 0 Å². The second-order valence-electron chi connectivity index (χ2n) is 11.2. The number of likely N-dealkylation sites (tertiary alicyclic amines) is 2. The van der Waals surface area contributed by atoms with Gasteiger partial charge in [-0.25, -0.2) is 0 Å². The van der Waals surface area contributed by atoms with E-state index in [9.17, 15) is 0 Å². The maximum atomic E-state index is 4.61. The van der Waals surface area contributed by atoms with Crippen molar-refractivity contribution in [3.05, 3.63) is 82.8 Å². The molecule has 0 radical (unpaired) electrons. The van der Waals surface area contributed by atoms with E-state index >= 15 is 0 Å². The molecule has 5 rings (SSSR count). The normalized spacial score (nSPS) is 20.4. The smallest absolute Gasteiger partial charge is 0.0665 e. The van der Waals surface area contributed by atoms with E-state index in [1.54, 1.807) is 5.57 Å². The summed E-state index contributed by atoms with van der Waals surface area (Å²) in [4.78, 5) is 10.1. The molecule has 4 nitrogen and oxygen atoms in total. The lowest BCUT2D eigenvalue weighted by Gasteiger charge is -2.43. The maximum Gasteiger partial charge on any atom is 0.0665 e. The molecule has 2 saturated heterocycles. The lowest BCUT2D eigenvalue weighted by atomic mass is 9.85. The van der Waals surface area contributed by atoms with Crippen molar-refractivity contribution in [3.8, 4) is 0 Å². The molecule has 2 fully saturated rings. The molecule has 3 heterocycles. The van der Waals surface area contributed by atoms with Gasteiger partial charge >= 0.3 is 0 Å². The third kappa shape index (κ3) is 7.03. The Kier molecular flexibility index (Phi) is 10.4. The monoisotopic (exact) mass is 526 g/mol. The van der Waals surface area contributed by atoms with Gasteiger partial charge in [-0.3, -0.25) is 9.88 Å². The number of piperidine rings is 2. The second-order valence-corrected chi connectivity index (χ2v) is 11.2. The summed E-state index contributed by atoms with van der Waals surface area (Å²) in [7, 11) is 0. The Labute approximate surface area is 237 Å². The predicted octanol–water partition coefficient (Wildman–Crippen LogP) is 8.37. The van der Waals surface area contributed by atoms with Gasteiger partial charge in [0.05, 0.1) is 5.69 Å². The molecule has 1 N–H and O–H groups in total. The van der Waals surface area contributed by atoms with Crippen molar-refractivity contribution in [1.82, 2.24) is 14.8 Å². The van der Waals surface area contributed by atoms with Crippen LogP contribution in [0.25, 0.3) is 11.6 Å². The van der Waals surface area contributed by atoms with Crippen LogP contribution in [-0.2, 0) is 0 Å². The molecule has 210 valence electrons. The van der Waals surface area contributed by atoms with Crippen molar-refractivity contribution < 1.29 is 0 Å². The topological polar surface area (TPSA) is 31.4 Å². The van der Waals surface area contributed by atoms with Gasteiger partial charge in [0.1, 0.15) is 0 Å². The summed E-state index contributed by atoms with van der Waals surface area (Å²) >= 11 is 0. The first-order valence-electron chi connectivity index (χ1n) is 15.4. The maximum absolute atomic E-state index is 4.61. The minimum Gasteiger partial charge on any atom is -0.383 e. The van der Waals surface area contributed by atoms with Crippen LogP contribution in [-0.4, -0.2) is 53.0 Å². The molecule has 0 bridgehead atoms. The number of nitrogens with zero attached hydrogens (tertiary/aromatic N) is 3. The van der Waals surface area contributed by atoms with Crippen LogP contribution in [0.3, 0.4) is 0 Å². The average molecular weight is 527 g/mol. The molecule has 4 heteroatoms. The van der Waals surface area contributed by atoms with Crippen LogP contribution < -0.4 is 5.32 Å². The number of pyridine rings is 1. The van der Waals surface area contributed by atoms with E-state index in [2.05, 4.69) is 102 Å². The fourth-order valence-electron chi connectivity index (χ4n) is 6.57.